The van der Waals surface area contributed by atoms with Crippen LogP contribution in [-0.4, -0.2) is 60.0 Å². The third-order valence-corrected chi connectivity index (χ3v) is 5.52. The standard InChI is InChI=1S/C16H17N5O3S/c22-13(9-11-14(23)19-15(24)17-11)20-5-7-21(8-6-20)16-18-10-3-1-2-4-12(10)25-16/h1-4,11H,5-9H2,(H2,17,19,23,24)/t11-/m1/s1. The Bertz CT molecular complexity index is 810. The predicted octanol–water partition coefficient (Wildman–Crippen LogP) is 0.543. The zero-order valence-electron chi connectivity index (χ0n) is 13.4. The van der Waals surface area contributed by atoms with Crippen LogP contribution in [-0.2, 0) is 9.59 Å². The zero-order chi connectivity index (χ0) is 17.4. The molecule has 0 bridgehead atoms. The number of piperazine rings is 1. The van der Waals surface area contributed by atoms with Crippen molar-refractivity contribution in [2.24, 2.45) is 0 Å². The summed E-state index contributed by atoms with van der Waals surface area (Å²) in [5.74, 6) is -0.558. The topological polar surface area (TPSA) is 94.6 Å². The lowest BCUT2D eigenvalue weighted by Gasteiger charge is -2.34. The molecule has 0 saturated carbocycles. The first-order chi connectivity index (χ1) is 12.1. The molecule has 130 valence electrons. The molecule has 0 unspecified atom stereocenters. The Hall–Kier alpha value is -2.68. The van der Waals surface area contributed by atoms with Gasteiger partial charge >= 0.3 is 6.03 Å². The first-order valence-electron chi connectivity index (χ1n) is 8.10. The molecule has 9 heteroatoms. The maximum absolute atomic E-state index is 12.4. The van der Waals surface area contributed by atoms with Crippen LogP contribution in [0.5, 0.6) is 0 Å². The number of urea groups is 1. The lowest BCUT2D eigenvalue weighted by molar-refractivity contribution is -0.134. The highest BCUT2D eigenvalue weighted by Crippen LogP contribution is 2.29. The molecule has 4 amide bonds. The van der Waals surface area contributed by atoms with Crippen molar-refractivity contribution in [1.29, 1.82) is 0 Å². The van der Waals surface area contributed by atoms with Crippen LogP contribution in [0.2, 0.25) is 0 Å². The van der Waals surface area contributed by atoms with Crippen molar-refractivity contribution in [3.63, 3.8) is 0 Å². The molecule has 1 aromatic carbocycles. The maximum Gasteiger partial charge on any atom is 0.322 e. The Morgan fingerprint density at radius 1 is 1.20 bits per heavy atom. The maximum atomic E-state index is 12.4. The number of aromatic nitrogens is 1. The molecule has 3 heterocycles. The Morgan fingerprint density at radius 2 is 1.96 bits per heavy atom. The lowest BCUT2D eigenvalue weighted by Crippen LogP contribution is -2.50. The van der Waals surface area contributed by atoms with E-state index in [1.54, 1.807) is 16.2 Å². The fourth-order valence-corrected chi connectivity index (χ4v) is 4.07. The second kappa shape index (κ2) is 6.32. The molecule has 1 aromatic heterocycles. The first kappa shape index (κ1) is 15.8. The second-order valence-electron chi connectivity index (χ2n) is 6.05. The van der Waals surface area contributed by atoms with E-state index in [1.165, 1.54) is 0 Å². The number of rotatable bonds is 3. The summed E-state index contributed by atoms with van der Waals surface area (Å²) >= 11 is 1.65. The van der Waals surface area contributed by atoms with E-state index in [-0.39, 0.29) is 12.3 Å². The summed E-state index contributed by atoms with van der Waals surface area (Å²) in [5.41, 5.74) is 0.990. The molecular formula is C16H17N5O3S. The van der Waals surface area contributed by atoms with Crippen LogP contribution in [0.3, 0.4) is 0 Å². The molecule has 25 heavy (non-hydrogen) atoms. The molecule has 2 aromatic rings. The smallest absolute Gasteiger partial charge is 0.322 e. The highest BCUT2D eigenvalue weighted by Gasteiger charge is 2.33. The molecular weight excluding hydrogens is 342 g/mol. The van der Waals surface area contributed by atoms with Crippen molar-refractivity contribution >= 4 is 44.5 Å². The average Bonchev–Trinajstić information content (AvgIpc) is 3.18. The van der Waals surface area contributed by atoms with Crippen LogP contribution in [0.25, 0.3) is 10.2 Å². The van der Waals surface area contributed by atoms with Crippen LogP contribution in [0, 0.1) is 0 Å². The van der Waals surface area contributed by atoms with Crippen LogP contribution < -0.4 is 15.5 Å². The number of amides is 4. The van der Waals surface area contributed by atoms with Crippen molar-refractivity contribution in [1.82, 2.24) is 20.5 Å². The molecule has 4 rings (SSSR count). The highest BCUT2D eigenvalue weighted by molar-refractivity contribution is 7.22. The van der Waals surface area contributed by atoms with Crippen molar-refractivity contribution in [2.75, 3.05) is 31.1 Å². The molecule has 2 fully saturated rings. The first-order valence-corrected chi connectivity index (χ1v) is 8.91. The monoisotopic (exact) mass is 359 g/mol. The Kier molecular flexibility index (Phi) is 4.00. The summed E-state index contributed by atoms with van der Waals surface area (Å²) in [6.07, 6.45) is -0.00128. The van der Waals surface area contributed by atoms with Gasteiger partial charge in [-0.1, -0.05) is 23.5 Å². The van der Waals surface area contributed by atoms with Crippen LogP contribution in [0.4, 0.5) is 9.93 Å². The number of benzene rings is 1. The van der Waals surface area contributed by atoms with Crippen molar-refractivity contribution in [3.8, 4) is 0 Å². The van der Waals surface area contributed by atoms with Gasteiger partial charge in [0.05, 0.1) is 16.6 Å². The number of imide groups is 1. The molecule has 2 aliphatic heterocycles. The molecule has 2 saturated heterocycles. The van der Waals surface area contributed by atoms with Gasteiger partial charge in [0.15, 0.2) is 5.13 Å². The fourth-order valence-electron chi connectivity index (χ4n) is 3.05. The largest absolute Gasteiger partial charge is 0.345 e. The molecule has 2 N–H and O–H groups in total. The number of carbonyl (C=O) groups is 3. The van der Waals surface area contributed by atoms with E-state index in [0.717, 1.165) is 15.3 Å². The highest BCUT2D eigenvalue weighted by atomic mass is 32.1. The number of hydrogen-bond donors (Lipinski definition) is 2. The normalized spacial score (nSPS) is 20.7. The third kappa shape index (κ3) is 3.14. The summed E-state index contributed by atoms with van der Waals surface area (Å²) in [4.78, 5) is 43.6. The van der Waals surface area contributed by atoms with Gasteiger partial charge in [0, 0.05) is 26.2 Å². The second-order valence-corrected chi connectivity index (χ2v) is 7.06. The SMILES string of the molecule is O=C1NC(=O)[C@@H](CC(=O)N2CCN(c3nc4ccccc4s3)CC2)N1. The predicted molar refractivity (Wildman–Crippen MR) is 93.5 cm³/mol. The van der Waals surface area contributed by atoms with E-state index in [0.29, 0.717) is 26.2 Å². The van der Waals surface area contributed by atoms with E-state index in [2.05, 4.69) is 26.6 Å². The van der Waals surface area contributed by atoms with Crippen LogP contribution in [0.15, 0.2) is 24.3 Å². The zero-order valence-corrected chi connectivity index (χ0v) is 14.2. The summed E-state index contributed by atoms with van der Waals surface area (Å²) in [7, 11) is 0. The van der Waals surface area contributed by atoms with E-state index in [9.17, 15) is 14.4 Å². The number of fused-ring (bicyclic) bond motifs is 1. The average molecular weight is 359 g/mol. The van der Waals surface area contributed by atoms with Crippen LogP contribution >= 0.6 is 11.3 Å². The van der Waals surface area contributed by atoms with Gasteiger partial charge < -0.3 is 15.1 Å². The number of thiazole rings is 1. The van der Waals surface area contributed by atoms with Gasteiger partial charge in [-0.15, -0.1) is 0 Å². The van der Waals surface area contributed by atoms with Crippen molar-refractivity contribution in [2.45, 2.75) is 12.5 Å². The Labute approximate surface area is 147 Å². The van der Waals surface area contributed by atoms with Gasteiger partial charge in [0.2, 0.25) is 5.91 Å². The summed E-state index contributed by atoms with van der Waals surface area (Å²) in [5, 5.41) is 5.57. The van der Waals surface area contributed by atoms with E-state index in [4.69, 9.17) is 0 Å². The number of para-hydroxylation sites is 1. The lowest BCUT2D eigenvalue weighted by atomic mass is 10.2. The minimum absolute atomic E-state index is 0.00128. The van der Waals surface area contributed by atoms with Crippen molar-refractivity contribution < 1.29 is 14.4 Å². The Balaban J connectivity index is 1.35. The van der Waals surface area contributed by atoms with E-state index < -0.39 is 18.0 Å². The van der Waals surface area contributed by atoms with Gasteiger partial charge in [0.1, 0.15) is 6.04 Å². The summed E-state index contributed by atoms with van der Waals surface area (Å²) in [6, 6.07) is 6.72. The quantitative estimate of drug-likeness (QED) is 0.780. The molecule has 0 radical (unpaired) electrons. The van der Waals surface area contributed by atoms with Gasteiger partial charge in [-0.3, -0.25) is 14.9 Å². The fraction of sp³-hybridized carbons (Fsp3) is 0.375. The molecule has 0 aliphatic carbocycles. The number of anilines is 1. The number of hydrogen-bond acceptors (Lipinski definition) is 6. The number of carbonyl (C=O) groups excluding carboxylic acids is 3. The van der Waals surface area contributed by atoms with Gasteiger partial charge in [-0.05, 0) is 12.1 Å². The van der Waals surface area contributed by atoms with Crippen molar-refractivity contribution in [3.05, 3.63) is 24.3 Å². The minimum atomic E-state index is -0.762. The minimum Gasteiger partial charge on any atom is -0.345 e. The number of nitrogens with one attached hydrogen (secondary N) is 2. The molecule has 2 aliphatic rings. The van der Waals surface area contributed by atoms with E-state index in [1.807, 2.05) is 18.2 Å². The van der Waals surface area contributed by atoms with Crippen LogP contribution in [0.1, 0.15) is 6.42 Å². The van der Waals surface area contributed by atoms with Gasteiger partial charge in [-0.25, -0.2) is 9.78 Å². The van der Waals surface area contributed by atoms with Gasteiger partial charge in [0.25, 0.3) is 5.91 Å². The molecule has 8 nitrogen and oxygen atoms in total. The summed E-state index contributed by atoms with van der Waals surface area (Å²) in [6.45, 7) is 2.57. The molecule has 1 atom stereocenters. The summed E-state index contributed by atoms with van der Waals surface area (Å²) < 4.78 is 1.15. The molecule has 0 spiro atoms. The Morgan fingerprint density at radius 3 is 2.64 bits per heavy atom. The van der Waals surface area contributed by atoms with E-state index >= 15 is 0 Å². The third-order valence-electron chi connectivity index (χ3n) is 4.42. The number of nitrogens with zero attached hydrogens (tertiary/aromatic N) is 3. The van der Waals surface area contributed by atoms with Gasteiger partial charge in [-0.2, -0.15) is 0 Å².